The van der Waals surface area contributed by atoms with E-state index in [1.807, 2.05) is 0 Å². The Hall–Kier alpha value is -0.810. The van der Waals surface area contributed by atoms with Gasteiger partial charge in [0.05, 0.1) is 18.8 Å². The molecule has 1 amide bonds. The monoisotopic (exact) mass is 215 g/mol. The number of hydrogen-bond acceptors (Lipinski definition) is 3. The van der Waals surface area contributed by atoms with Crippen molar-refractivity contribution in [2.45, 2.75) is 32.1 Å². The molecule has 5 heteroatoms. The summed E-state index contributed by atoms with van der Waals surface area (Å²) in [7, 11) is 0. The number of amides is 1. The van der Waals surface area contributed by atoms with Crippen molar-refractivity contribution in [1.82, 2.24) is 4.90 Å². The Balaban J connectivity index is 2.21. The Morgan fingerprint density at radius 2 is 2.20 bits per heavy atom. The second-order valence-electron chi connectivity index (χ2n) is 4.70. The zero-order chi connectivity index (χ0) is 11.2. The van der Waals surface area contributed by atoms with Gasteiger partial charge in [0.2, 0.25) is 0 Å². The van der Waals surface area contributed by atoms with Gasteiger partial charge >= 0.3 is 6.09 Å². The van der Waals surface area contributed by atoms with Gasteiger partial charge in [-0.25, -0.2) is 4.79 Å². The highest BCUT2D eigenvalue weighted by Crippen LogP contribution is 2.37. The lowest BCUT2D eigenvalue weighted by atomic mass is 9.90. The first kappa shape index (κ1) is 10.7. The van der Waals surface area contributed by atoms with Crippen LogP contribution in [0, 0.1) is 11.8 Å². The maximum atomic E-state index is 11.0. The van der Waals surface area contributed by atoms with Crippen molar-refractivity contribution in [3.63, 3.8) is 0 Å². The third-order valence-electron chi connectivity index (χ3n) is 3.48. The van der Waals surface area contributed by atoms with Gasteiger partial charge in [-0.2, -0.15) is 0 Å². The van der Waals surface area contributed by atoms with Crippen LogP contribution in [0.5, 0.6) is 0 Å². The van der Waals surface area contributed by atoms with Gasteiger partial charge in [-0.05, 0) is 5.92 Å². The van der Waals surface area contributed by atoms with Crippen LogP contribution >= 0.6 is 0 Å². The van der Waals surface area contributed by atoms with Crippen LogP contribution in [0.15, 0.2) is 0 Å². The van der Waals surface area contributed by atoms with Crippen molar-refractivity contribution >= 4 is 6.09 Å². The first-order valence-electron chi connectivity index (χ1n) is 5.31. The molecular weight excluding hydrogens is 198 g/mol. The van der Waals surface area contributed by atoms with Crippen molar-refractivity contribution in [3.8, 4) is 0 Å². The molecule has 4 unspecified atom stereocenters. The van der Waals surface area contributed by atoms with Crippen molar-refractivity contribution in [2.24, 2.45) is 11.8 Å². The van der Waals surface area contributed by atoms with E-state index >= 15 is 0 Å². The van der Waals surface area contributed by atoms with Gasteiger partial charge in [-0.15, -0.1) is 0 Å². The molecule has 86 valence electrons. The summed E-state index contributed by atoms with van der Waals surface area (Å²) in [6.07, 6.45) is -1.76. The quantitative estimate of drug-likeness (QED) is 0.663. The summed E-state index contributed by atoms with van der Waals surface area (Å²) in [5.41, 5.74) is 0. The molecule has 15 heavy (non-hydrogen) atoms. The van der Waals surface area contributed by atoms with Gasteiger partial charge in [0.25, 0.3) is 0 Å². The average Bonchev–Trinajstić information content (AvgIpc) is 2.66. The third-order valence-corrected chi connectivity index (χ3v) is 3.48. The zero-order valence-electron chi connectivity index (χ0n) is 8.96. The average molecular weight is 215 g/mol. The second kappa shape index (κ2) is 3.64. The van der Waals surface area contributed by atoms with Crippen LogP contribution in [0.1, 0.15) is 13.8 Å². The van der Waals surface area contributed by atoms with E-state index in [9.17, 15) is 9.90 Å². The van der Waals surface area contributed by atoms with Gasteiger partial charge in [0, 0.05) is 12.5 Å². The van der Waals surface area contributed by atoms with E-state index in [0.717, 1.165) is 0 Å². The summed E-state index contributed by atoms with van der Waals surface area (Å²) >= 11 is 0. The normalized spacial score (nSPS) is 39.9. The highest BCUT2D eigenvalue weighted by molar-refractivity contribution is 5.66. The molecule has 2 saturated heterocycles. The maximum Gasteiger partial charge on any atom is 0.407 e. The van der Waals surface area contributed by atoms with Crippen molar-refractivity contribution in [1.29, 1.82) is 0 Å². The number of fused-ring (bicyclic) bond motifs is 1. The number of nitrogens with zero attached hydrogens (tertiary/aromatic N) is 1. The van der Waals surface area contributed by atoms with Gasteiger partial charge in [0.15, 0.2) is 0 Å². The highest BCUT2D eigenvalue weighted by atomic mass is 16.5. The molecule has 0 radical (unpaired) electrons. The van der Waals surface area contributed by atoms with Crippen LogP contribution in [0.25, 0.3) is 0 Å². The van der Waals surface area contributed by atoms with Gasteiger partial charge in [-0.1, -0.05) is 13.8 Å². The number of rotatable bonds is 1. The van der Waals surface area contributed by atoms with Crippen LogP contribution in [0.4, 0.5) is 4.79 Å². The van der Waals surface area contributed by atoms with Crippen LogP contribution < -0.4 is 0 Å². The zero-order valence-corrected chi connectivity index (χ0v) is 8.96. The third kappa shape index (κ3) is 1.59. The Morgan fingerprint density at radius 3 is 2.73 bits per heavy atom. The van der Waals surface area contributed by atoms with E-state index in [1.165, 1.54) is 4.90 Å². The molecule has 2 heterocycles. The number of likely N-dealkylation sites (tertiary alicyclic amines) is 1. The molecule has 5 nitrogen and oxygen atoms in total. The number of aliphatic hydroxyl groups is 1. The molecule has 2 N–H and O–H groups in total. The molecule has 2 aliphatic rings. The topological polar surface area (TPSA) is 70.0 Å². The summed E-state index contributed by atoms with van der Waals surface area (Å²) < 4.78 is 5.49. The molecular formula is C10H17NO4. The first-order chi connectivity index (χ1) is 7.02. The van der Waals surface area contributed by atoms with Gasteiger partial charge < -0.3 is 14.9 Å². The van der Waals surface area contributed by atoms with E-state index in [1.54, 1.807) is 0 Å². The molecule has 0 bridgehead atoms. The van der Waals surface area contributed by atoms with Gasteiger partial charge in [-0.3, -0.25) is 4.90 Å². The summed E-state index contributed by atoms with van der Waals surface area (Å²) in [4.78, 5) is 12.3. The van der Waals surface area contributed by atoms with Crippen LogP contribution in [0.3, 0.4) is 0 Å². The highest BCUT2D eigenvalue weighted by Gasteiger charge is 2.52. The van der Waals surface area contributed by atoms with Crippen molar-refractivity contribution in [2.75, 3.05) is 13.2 Å². The van der Waals surface area contributed by atoms with E-state index in [-0.39, 0.29) is 24.7 Å². The second-order valence-corrected chi connectivity index (χ2v) is 4.70. The lowest BCUT2D eigenvalue weighted by molar-refractivity contribution is 0.0489. The van der Waals surface area contributed by atoms with E-state index in [2.05, 4.69) is 13.8 Å². The summed E-state index contributed by atoms with van der Waals surface area (Å²) in [5.74, 6) is 0.565. The lowest BCUT2D eigenvalue weighted by Gasteiger charge is -2.21. The van der Waals surface area contributed by atoms with E-state index < -0.39 is 12.2 Å². The number of carboxylic acid groups (broad SMARTS) is 1. The van der Waals surface area contributed by atoms with Crippen LogP contribution in [-0.2, 0) is 4.74 Å². The molecule has 0 spiro atoms. The maximum absolute atomic E-state index is 11.0. The number of ether oxygens (including phenoxy) is 1. The molecule has 2 fully saturated rings. The molecule has 0 aromatic carbocycles. The molecule has 0 saturated carbocycles. The minimum absolute atomic E-state index is 0.129. The molecule has 2 aliphatic heterocycles. The smallest absolute Gasteiger partial charge is 0.407 e. The largest absolute Gasteiger partial charge is 0.465 e. The molecule has 4 atom stereocenters. The predicted octanol–water partition coefficient (Wildman–Crippen LogP) is 0.381. The predicted molar refractivity (Wildman–Crippen MR) is 52.6 cm³/mol. The molecule has 2 rings (SSSR count). The summed E-state index contributed by atoms with van der Waals surface area (Å²) in [6, 6.07) is -0.366. The van der Waals surface area contributed by atoms with Crippen LogP contribution in [0.2, 0.25) is 0 Å². The van der Waals surface area contributed by atoms with E-state index in [4.69, 9.17) is 9.84 Å². The fraction of sp³-hybridized carbons (Fsp3) is 0.900. The molecule has 0 aromatic heterocycles. The molecule has 0 aliphatic carbocycles. The fourth-order valence-corrected chi connectivity index (χ4v) is 2.64. The fourth-order valence-electron chi connectivity index (χ4n) is 2.64. The minimum atomic E-state index is -0.960. The summed E-state index contributed by atoms with van der Waals surface area (Å²) in [5, 5.41) is 18.7. The number of aliphatic hydroxyl groups excluding tert-OH is 1. The van der Waals surface area contributed by atoms with Crippen LogP contribution in [-0.4, -0.2) is 52.6 Å². The van der Waals surface area contributed by atoms with Gasteiger partial charge in [0.1, 0.15) is 6.10 Å². The Bertz CT molecular complexity index is 268. The Kier molecular flexibility index (Phi) is 2.60. The minimum Gasteiger partial charge on any atom is -0.465 e. The van der Waals surface area contributed by atoms with Crippen molar-refractivity contribution < 1.29 is 19.7 Å². The Morgan fingerprint density at radius 1 is 1.53 bits per heavy atom. The van der Waals surface area contributed by atoms with E-state index in [0.29, 0.717) is 12.5 Å². The number of hydrogen-bond donors (Lipinski definition) is 2. The first-order valence-corrected chi connectivity index (χ1v) is 5.31. The van der Waals surface area contributed by atoms with Crippen molar-refractivity contribution in [3.05, 3.63) is 0 Å². The SMILES string of the molecule is CC(C)C1CN(C(=O)O)C2C(O)COC12. The standard InChI is InChI=1S/C10H17NO4/c1-5(2)6-3-11(10(13)14)8-7(12)4-15-9(6)8/h5-9,12H,3-4H2,1-2H3,(H,13,14). The Labute approximate surface area is 88.6 Å². The molecule has 0 aromatic rings. The lowest BCUT2D eigenvalue weighted by Crippen LogP contribution is -2.43. The number of carbonyl (C=O) groups is 1. The summed E-state index contributed by atoms with van der Waals surface area (Å²) in [6.45, 7) is 4.84.